The van der Waals surface area contributed by atoms with Crippen LogP contribution in [0.5, 0.6) is 0 Å². The van der Waals surface area contributed by atoms with Crippen LogP contribution in [0.2, 0.25) is 0 Å². The van der Waals surface area contributed by atoms with Crippen LogP contribution in [0.15, 0.2) is 42.6 Å². The molecule has 3 rings (SSSR count). The molecule has 0 spiro atoms. The van der Waals surface area contributed by atoms with E-state index in [1.54, 1.807) is 4.90 Å². The molecule has 5 nitrogen and oxygen atoms in total. The molecule has 5 heteroatoms. The number of carbonyl (C=O) groups is 2. The maximum absolute atomic E-state index is 13.3. The third kappa shape index (κ3) is 5.99. The predicted octanol–water partition coefficient (Wildman–Crippen LogP) is 4.61. The number of rotatable bonds is 8. The van der Waals surface area contributed by atoms with Crippen molar-refractivity contribution in [3.63, 3.8) is 0 Å². The zero-order chi connectivity index (χ0) is 22.8. The maximum atomic E-state index is 13.3. The van der Waals surface area contributed by atoms with Crippen molar-refractivity contribution in [3.05, 3.63) is 59.4 Å². The molecule has 2 aromatic rings. The largest absolute Gasteiger partial charge is 0.353 e. The Hall–Kier alpha value is -2.56. The van der Waals surface area contributed by atoms with Crippen molar-refractivity contribution in [1.29, 1.82) is 0 Å². The van der Waals surface area contributed by atoms with Gasteiger partial charge in [-0.3, -0.25) is 9.59 Å². The Kier molecular flexibility index (Phi) is 6.93. The minimum absolute atomic E-state index is 0.0152. The fourth-order valence-corrected chi connectivity index (χ4v) is 3.83. The zero-order valence-electron chi connectivity index (χ0n) is 19.9. The highest BCUT2D eigenvalue weighted by molar-refractivity contribution is 5.97. The maximum Gasteiger partial charge on any atom is 0.254 e. The summed E-state index contributed by atoms with van der Waals surface area (Å²) in [5, 5.41) is 0. The summed E-state index contributed by atoms with van der Waals surface area (Å²) in [6, 6.07) is 12.1. The summed E-state index contributed by atoms with van der Waals surface area (Å²) in [4.78, 5) is 30.3. The number of benzene rings is 1. The fraction of sp³-hybridized carbons (Fsp3) is 0.538. The fourth-order valence-electron chi connectivity index (χ4n) is 3.83. The van der Waals surface area contributed by atoms with Gasteiger partial charge in [-0.15, -0.1) is 0 Å². The van der Waals surface area contributed by atoms with Crippen LogP contribution in [0.25, 0.3) is 0 Å². The van der Waals surface area contributed by atoms with Crippen molar-refractivity contribution >= 4 is 11.8 Å². The molecule has 0 N–H and O–H groups in total. The van der Waals surface area contributed by atoms with E-state index in [4.69, 9.17) is 0 Å². The van der Waals surface area contributed by atoms with E-state index in [9.17, 15) is 9.59 Å². The van der Waals surface area contributed by atoms with Crippen molar-refractivity contribution in [2.45, 2.75) is 65.5 Å². The summed E-state index contributed by atoms with van der Waals surface area (Å²) in [6.45, 7) is 12.1. The SMILES string of the molecule is CC(C)CN(Cc1cccn1C)C(=O)CN(C(=O)c1ccc(C(C)(C)C)cc1)C1CC1. The molecule has 0 saturated heterocycles. The Bertz CT molecular complexity index is 901. The summed E-state index contributed by atoms with van der Waals surface area (Å²) >= 11 is 0. The Morgan fingerprint density at radius 3 is 2.23 bits per heavy atom. The predicted molar refractivity (Wildman–Crippen MR) is 125 cm³/mol. The van der Waals surface area contributed by atoms with E-state index < -0.39 is 0 Å². The third-order valence-electron chi connectivity index (χ3n) is 5.89. The summed E-state index contributed by atoms with van der Waals surface area (Å²) < 4.78 is 2.04. The third-order valence-corrected chi connectivity index (χ3v) is 5.89. The molecular formula is C26H37N3O2. The number of hydrogen-bond acceptors (Lipinski definition) is 2. The summed E-state index contributed by atoms with van der Waals surface area (Å²) in [5.74, 6) is 0.334. The average molecular weight is 424 g/mol. The van der Waals surface area contributed by atoms with Gasteiger partial charge < -0.3 is 14.4 Å². The first kappa shape index (κ1) is 23.1. The van der Waals surface area contributed by atoms with Gasteiger partial charge in [0.2, 0.25) is 5.91 Å². The number of amides is 2. The van der Waals surface area contributed by atoms with Crippen LogP contribution >= 0.6 is 0 Å². The Labute approximate surface area is 187 Å². The summed E-state index contributed by atoms with van der Waals surface area (Å²) in [7, 11) is 1.99. The lowest BCUT2D eigenvalue weighted by atomic mass is 9.86. The number of hydrogen-bond donors (Lipinski definition) is 0. The van der Waals surface area contributed by atoms with Gasteiger partial charge in [-0.05, 0) is 54.0 Å². The number of nitrogens with zero attached hydrogens (tertiary/aromatic N) is 3. The highest BCUT2D eigenvalue weighted by Gasteiger charge is 2.35. The van der Waals surface area contributed by atoms with Crippen LogP contribution in [0.3, 0.4) is 0 Å². The molecule has 31 heavy (non-hydrogen) atoms. The van der Waals surface area contributed by atoms with Crippen LogP contribution in [-0.4, -0.2) is 45.3 Å². The first-order chi connectivity index (χ1) is 14.6. The topological polar surface area (TPSA) is 45.6 Å². The van der Waals surface area contributed by atoms with Gasteiger partial charge >= 0.3 is 0 Å². The average Bonchev–Trinajstić information content (AvgIpc) is 3.46. The van der Waals surface area contributed by atoms with Gasteiger partial charge in [0.05, 0.1) is 6.54 Å². The van der Waals surface area contributed by atoms with Crippen LogP contribution < -0.4 is 0 Å². The molecule has 0 unspecified atom stereocenters. The van der Waals surface area contributed by atoms with E-state index in [0.717, 1.165) is 18.5 Å². The zero-order valence-corrected chi connectivity index (χ0v) is 19.9. The highest BCUT2D eigenvalue weighted by atomic mass is 16.2. The molecule has 1 aromatic heterocycles. The second-order valence-corrected chi connectivity index (χ2v) is 10.3. The first-order valence-corrected chi connectivity index (χ1v) is 11.4. The summed E-state index contributed by atoms with van der Waals surface area (Å²) in [6.07, 6.45) is 3.94. The second kappa shape index (κ2) is 9.29. The van der Waals surface area contributed by atoms with E-state index >= 15 is 0 Å². The lowest BCUT2D eigenvalue weighted by Gasteiger charge is -2.29. The van der Waals surface area contributed by atoms with Crippen molar-refractivity contribution in [2.24, 2.45) is 13.0 Å². The molecule has 0 radical (unpaired) electrons. The van der Waals surface area contributed by atoms with Gasteiger partial charge in [0.15, 0.2) is 0 Å². The van der Waals surface area contributed by atoms with E-state index in [2.05, 4.69) is 34.6 Å². The smallest absolute Gasteiger partial charge is 0.254 e. The molecule has 168 valence electrons. The normalized spacial score (nSPS) is 14.0. The van der Waals surface area contributed by atoms with Gasteiger partial charge in [-0.25, -0.2) is 0 Å². The first-order valence-electron chi connectivity index (χ1n) is 11.4. The standard InChI is InChI=1S/C26H37N3O2/c1-19(2)16-28(17-23-8-7-15-27(23)6)24(30)18-29(22-13-14-22)25(31)20-9-11-21(12-10-20)26(3,4)5/h7-12,15,19,22H,13-14,16-18H2,1-6H3. The molecule has 2 amide bonds. The quantitative estimate of drug-likeness (QED) is 0.622. The molecular weight excluding hydrogens is 386 g/mol. The van der Waals surface area contributed by atoms with E-state index in [-0.39, 0.29) is 29.8 Å². The molecule has 0 bridgehead atoms. The van der Waals surface area contributed by atoms with Crippen LogP contribution in [0.4, 0.5) is 0 Å². The van der Waals surface area contributed by atoms with Crippen LogP contribution in [0.1, 0.15) is 69.1 Å². The molecule has 1 heterocycles. The Morgan fingerprint density at radius 2 is 1.74 bits per heavy atom. The van der Waals surface area contributed by atoms with Crippen molar-refractivity contribution < 1.29 is 9.59 Å². The molecule has 0 atom stereocenters. The van der Waals surface area contributed by atoms with Crippen LogP contribution in [0, 0.1) is 5.92 Å². The highest BCUT2D eigenvalue weighted by Crippen LogP contribution is 2.29. The molecule has 1 fully saturated rings. The minimum Gasteiger partial charge on any atom is -0.353 e. The van der Waals surface area contributed by atoms with Crippen LogP contribution in [-0.2, 0) is 23.8 Å². The Balaban J connectivity index is 1.75. The molecule has 1 aliphatic carbocycles. The second-order valence-electron chi connectivity index (χ2n) is 10.3. The van der Waals surface area contributed by atoms with Gasteiger partial charge in [0, 0.05) is 37.1 Å². The lowest BCUT2D eigenvalue weighted by molar-refractivity contribution is -0.133. The summed E-state index contributed by atoms with van der Waals surface area (Å²) in [5.41, 5.74) is 2.99. The van der Waals surface area contributed by atoms with E-state index in [1.165, 1.54) is 5.56 Å². The minimum atomic E-state index is -0.0420. The van der Waals surface area contributed by atoms with E-state index in [1.807, 2.05) is 59.1 Å². The van der Waals surface area contributed by atoms with Crippen molar-refractivity contribution in [3.8, 4) is 0 Å². The van der Waals surface area contributed by atoms with Gasteiger partial charge in [-0.2, -0.15) is 0 Å². The van der Waals surface area contributed by atoms with E-state index in [0.29, 0.717) is 24.6 Å². The number of aryl methyl sites for hydroxylation is 1. The molecule has 1 aliphatic rings. The number of carbonyl (C=O) groups excluding carboxylic acids is 2. The molecule has 1 aromatic carbocycles. The lowest BCUT2D eigenvalue weighted by Crippen LogP contribution is -2.45. The monoisotopic (exact) mass is 423 g/mol. The molecule has 0 aliphatic heterocycles. The van der Waals surface area contributed by atoms with Gasteiger partial charge in [0.25, 0.3) is 5.91 Å². The Morgan fingerprint density at radius 1 is 1.10 bits per heavy atom. The number of aromatic nitrogens is 1. The van der Waals surface area contributed by atoms with Gasteiger partial charge in [-0.1, -0.05) is 46.8 Å². The van der Waals surface area contributed by atoms with Crippen molar-refractivity contribution in [2.75, 3.05) is 13.1 Å². The molecule has 1 saturated carbocycles. The van der Waals surface area contributed by atoms with Crippen molar-refractivity contribution in [1.82, 2.24) is 14.4 Å². The van der Waals surface area contributed by atoms with Gasteiger partial charge in [0.1, 0.15) is 6.54 Å².